The van der Waals surface area contributed by atoms with E-state index >= 15 is 4.39 Å². The minimum Gasteiger partial charge on any atom is -0.444 e. The maximum Gasteiger partial charge on any atom is 0.407 e. The van der Waals surface area contributed by atoms with Gasteiger partial charge in [-0.05, 0) is 63.4 Å². The van der Waals surface area contributed by atoms with E-state index in [2.05, 4.69) is 25.9 Å². The van der Waals surface area contributed by atoms with Crippen molar-refractivity contribution in [2.45, 2.75) is 64.1 Å². The van der Waals surface area contributed by atoms with Gasteiger partial charge in [0.1, 0.15) is 11.7 Å². The lowest BCUT2D eigenvalue weighted by atomic mass is 9.90. The molecule has 4 rings (SSSR count). The molecule has 9 nitrogen and oxygen atoms in total. The first-order valence-electron chi connectivity index (χ1n) is 12.6. The molecular weight excluding hydrogens is 485 g/mol. The van der Waals surface area contributed by atoms with Crippen molar-refractivity contribution in [1.82, 2.24) is 15.3 Å². The van der Waals surface area contributed by atoms with Crippen molar-refractivity contribution in [3.8, 4) is 17.2 Å². The Labute approximate surface area is 221 Å². The van der Waals surface area contributed by atoms with Crippen molar-refractivity contribution < 1.29 is 13.9 Å². The average Bonchev–Trinajstić information content (AvgIpc) is 2.86. The summed E-state index contributed by atoms with van der Waals surface area (Å²) in [5.74, 6) is -0.468. The summed E-state index contributed by atoms with van der Waals surface area (Å²) in [5.41, 5.74) is 8.25. The van der Waals surface area contributed by atoms with Gasteiger partial charge in [-0.3, -0.25) is 4.98 Å². The van der Waals surface area contributed by atoms with Crippen molar-refractivity contribution in [2.75, 3.05) is 16.4 Å². The molecule has 0 aliphatic heterocycles. The number of benzene rings is 1. The van der Waals surface area contributed by atoms with Gasteiger partial charge in [0.25, 0.3) is 0 Å². The number of nitriles is 1. The zero-order chi connectivity index (χ0) is 27.3. The van der Waals surface area contributed by atoms with Crippen molar-refractivity contribution in [2.24, 2.45) is 0 Å². The molecule has 0 unspecified atom stereocenters. The van der Waals surface area contributed by atoms with E-state index in [1.54, 1.807) is 39.2 Å². The molecule has 5 N–H and O–H groups in total. The Kier molecular flexibility index (Phi) is 7.96. The van der Waals surface area contributed by atoms with E-state index in [0.717, 1.165) is 42.9 Å². The van der Waals surface area contributed by atoms with Gasteiger partial charge in [-0.25, -0.2) is 14.2 Å². The number of amides is 1. The van der Waals surface area contributed by atoms with E-state index in [0.29, 0.717) is 11.4 Å². The molecule has 0 bridgehead atoms. The highest BCUT2D eigenvalue weighted by atomic mass is 19.1. The number of hydrogen-bond acceptors (Lipinski definition) is 8. The third-order valence-corrected chi connectivity index (χ3v) is 6.11. The predicted molar refractivity (Wildman–Crippen MR) is 145 cm³/mol. The molecule has 1 fully saturated rings. The summed E-state index contributed by atoms with van der Waals surface area (Å²) >= 11 is 0. The highest BCUT2D eigenvalue weighted by Crippen LogP contribution is 2.29. The monoisotopic (exact) mass is 517 g/mol. The minimum atomic E-state index is -0.652. The molecule has 1 amide bonds. The number of aromatic nitrogens is 2. The SMILES string of the molecule is CC(C)(C)OC(=O)N[C@H]1CCCC[C@H]1Nc1nc(Nc2cncc(-c3cccc(N)c3)c2)c(C#N)cc1F. The Balaban J connectivity index is 1.55. The highest BCUT2D eigenvalue weighted by molar-refractivity contribution is 5.73. The van der Waals surface area contributed by atoms with Gasteiger partial charge >= 0.3 is 6.09 Å². The summed E-state index contributed by atoms with van der Waals surface area (Å²) in [4.78, 5) is 21.1. The fraction of sp³-hybridized carbons (Fsp3) is 0.357. The van der Waals surface area contributed by atoms with E-state index in [4.69, 9.17) is 10.5 Å². The number of nitrogens with two attached hydrogens (primary N) is 1. The van der Waals surface area contributed by atoms with Gasteiger partial charge in [-0.1, -0.05) is 25.0 Å². The molecule has 2 atom stereocenters. The third-order valence-electron chi connectivity index (χ3n) is 6.11. The number of nitrogens with zero attached hydrogens (tertiary/aromatic N) is 3. The Bertz CT molecular complexity index is 1350. The van der Waals surface area contributed by atoms with Crippen LogP contribution in [-0.4, -0.2) is 33.7 Å². The first-order valence-corrected chi connectivity index (χ1v) is 12.6. The van der Waals surface area contributed by atoms with Gasteiger partial charge in [0.2, 0.25) is 0 Å². The highest BCUT2D eigenvalue weighted by Gasteiger charge is 2.29. The molecule has 3 aromatic rings. The van der Waals surface area contributed by atoms with E-state index in [1.165, 1.54) is 0 Å². The van der Waals surface area contributed by atoms with Gasteiger partial charge in [-0.15, -0.1) is 0 Å². The van der Waals surface area contributed by atoms with Crippen LogP contribution in [0.5, 0.6) is 0 Å². The van der Waals surface area contributed by atoms with E-state index in [9.17, 15) is 10.1 Å². The summed E-state index contributed by atoms with van der Waals surface area (Å²) in [6.07, 6.45) is 6.09. The lowest BCUT2D eigenvalue weighted by Crippen LogP contribution is -2.50. The summed E-state index contributed by atoms with van der Waals surface area (Å²) in [5, 5.41) is 18.8. The molecule has 1 aromatic carbocycles. The van der Waals surface area contributed by atoms with Crippen LogP contribution in [0.3, 0.4) is 0 Å². The molecular formula is C28H32FN7O2. The lowest BCUT2D eigenvalue weighted by molar-refractivity contribution is 0.0488. The number of halogens is 1. The van der Waals surface area contributed by atoms with E-state index in [1.807, 2.05) is 30.3 Å². The number of carbonyl (C=O) groups is 1. The van der Waals surface area contributed by atoms with Crippen molar-refractivity contribution in [3.63, 3.8) is 0 Å². The van der Waals surface area contributed by atoms with Crippen molar-refractivity contribution in [3.05, 3.63) is 60.2 Å². The van der Waals surface area contributed by atoms with Gasteiger partial charge < -0.3 is 26.4 Å². The number of carbonyl (C=O) groups excluding carboxylic acids is 1. The predicted octanol–water partition coefficient (Wildman–Crippen LogP) is 5.73. The Morgan fingerprint density at radius 1 is 1.11 bits per heavy atom. The second-order valence-corrected chi connectivity index (χ2v) is 10.3. The van der Waals surface area contributed by atoms with Crippen LogP contribution in [0.4, 0.5) is 32.2 Å². The van der Waals surface area contributed by atoms with Crippen LogP contribution in [-0.2, 0) is 4.74 Å². The van der Waals surface area contributed by atoms with E-state index < -0.39 is 17.5 Å². The van der Waals surface area contributed by atoms with Crippen LogP contribution < -0.4 is 21.7 Å². The lowest BCUT2D eigenvalue weighted by Gasteiger charge is -2.33. The number of nitrogen functional groups attached to an aromatic ring is 1. The van der Waals surface area contributed by atoms with Gasteiger partial charge in [-0.2, -0.15) is 5.26 Å². The Morgan fingerprint density at radius 3 is 2.58 bits per heavy atom. The number of rotatable bonds is 6. The van der Waals surface area contributed by atoms with Gasteiger partial charge in [0.15, 0.2) is 17.5 Å². The Hall–Kier alpha value is -4.39. The number of pyridine rings is 2. The molecule has 0 radical (unpaired) electrons. The van der Waals surface area contributed by atoms with Crippen LogP contribution >= 0.6 is 0 Å². The van der Waals surface area contributed by atoms with E-state index in [-0.39, 0.29) is 29.3 Å². The molecule has 2 heterocycles. The van der Waals surface area contributed by atoms with Crippen LogP contribution in [0.2, 0.25) is 0 Å². The number of alkyl carbamates (subject to hydrolysis) is 1. The number of nitrogens with one attached hydrogen (secondary N) is 3. The van der Waals surface area contributed by atoms with Crippen molar-refractivity contribution in [1.29, 1.82) is 5.26 Å². The first-order chi connectivity index (χ1) is 18.1. The zero-order valence-electron chi connectivity index (χ0n) is 21.7. The molecule has 1 aliphatic carbocycles. The maximum atomic E-state index is 15.0. The van der Waals surface area contributed by atoms with Crippen LogP contribution in [0.25, 0.3) is 11.1 Å². The fourth-order valence-corrected chi connectivity index (χ4v) is 4.40. The summed E-state index contributed by atoms with van der Waals surface area (Å²) < 4.78 is 20.4. The standard InChI is InChI=1S/C28H32FN7O2/c1-28(2,3)38-27(37)35-24-10-5-4-9-23(24)34-26-22(29)13-18(14-30)25(36-26)33-21-12-19(15-32-16-21)17-7-6-8-20(31)11-17/h6-8,11-13,15-16,23-24H,4-5,9-10,31H2,1-3H3,(H,35,37)(H2,33,34,36)/t23-,24+/m1/s1. The van der Waals surface area contributed by atoms with Gasteiger partial charge in [0.05, 0.1) is 23.5 Å². The summed E-state index contributed by atoms with van der Waals surface area (Å²) in [6, 6.07) is 11.9. The second-order valence-electron chi connectivity index (χ2n) is 10.3. The normalized spacial score (nSPS) is 17.2. The minimum absolute atomic E-state index is 0.00524. The quantitative estimate of drug-likeness (QED) is 0.304. The maximum absolute atomic E-state index is 15.0. The van der Waals surface area contributed by atoms with Gasteiger partial charge in [0, 0.05) is 23.5 Å². The molecule has 0 spiro atoms. The topological polar surface area (TPSA) is 138 Å². The van der Waals surface area contributed by atoms with Crippen LogP contribution in [0, 0.1) is 17.1 Å². The molecule has 198 valence electrons. The average molecular weight is 518 g/mol. The van der Waals surface area contributed by atoms with Crippen LogP contribution in [0.15, 0.2) is 48.8 Å². The number of ether oxygens (including phenoxy) is 1. The third kappa shape index (κ3) is 6.88. The molecule has 38 heavy (non-hydrogen) atoms. The van der Waals surface area contributed by atoms with Crippen LogP contribution in [0.1, 0.15) is 52.0 Å². The first kappa shape index (κ1) is 26.7. The smallest absolute Gasteiger partial charge is 0.407 e. The largest absolute Gasteiger partial charge is 0.444 e. The number of hydrogen-bond donors (Lipinski definition) is 4. The summed E-state index contributed by atoms with van der Waals surface area (Å²) in [6.45, 7) is 5.40. The molecule has 10 heteroatoms. The summed E-state index contributed by atoms with van der Waals surface area (Å²) in [7, 11) is 0. The number of anilines is 4. The Morgan fingerprint density at radius 2 is 1.87 bits per heavy atom. The molecule has 2 aromatic heterocycles. The second kappa shape index (κ2) is 11.3. The fourth-order valence-electron chi connectivity index (χ4n) is 4.40. The molecule has 1 saturated carbocycles. The molecule has 0 saturated heterocycles. The molecule has 1 aliphatic rings. The zero-order valence-corrected chi connectivity index (χ0v) is 21.7. The van der Waals surface area contributed by atoms with Crippen molar-refractivity contribution >= 4 is 29.1 Å².